The van der Waals surface area contributed by atoms with E-state index in [1.165, 1.54) is 0 Å². The van der Waals surface area contributed by atoms with Crippen molar-refractivity contribution in [1.82, 2.24) is 0 Å². The molecule has 0 amide bonds. The first-order valence-electron chi connectivity index (χ1n) is 7.34. The van der Waals surface area contributed by atoms with Crippen molar-refractivity contribution in [3.8, 4) is 5.75 Å². The number of benzene rings is 2. The number of carbonyl (C=O) groups excluding carboxylic acids is 1. The fourth-order valence-corrected chi connectivity index (χ4v) is 2.11. The highest BCUT2D eigenvalue weighted by atomic mass is 16.6. The van der Waals surface area contributed by atoms with Crippen LogP contribution in [-0.4, -0.2) is 15.8 Å². The van der Waals surface area contributed by atoms with Gasteiger partial charge in [0.1, 0.15) is 5.75 Å². The molecule has 8 nitrogen and oxygen atoms in total. The molecule has 2 aromatic rings. The molecule has 25 heavy (non-hydrogen) atoms. The summed E-state index contributed by atoms with van der Waals surface area (Å²) < 4.78 is 5.15. The molecule has 0 aliphatic rings. The lowest BCUT2D eigenvalue weighted by Gasteiger charge is -2.18. The molecule has 0 radical (unpaired) electrons. The van der Waals surface area contributed by atoms with E-state index in [1.807, 2.05) is 20.8 Å². The topological polar surface area (TPSA) is 113 Å². The third kappa shape index (κ3) is 4.37. The maximum atomic E-state index is 12.2. The van der Waals surface area contributed by atoms with Crippen LogP contribution in [-0.2, 0) is 5.41 Å². The van der Waals surface area contributed by atoms with Crippen LogP contribution in [0.15, 0.2) is 42.5 Å². The van der Waals surface area contributed by atoms with Crippen LogP contribution in [0.4, 0.5) is 11.4 Å². The third-order valence-electron chi connectivity index (χ3n) is 3.49. The van der Waals surface area contributed by atoms with E-state index in [0.717, 1.165) is 23.8 Å². The van der Waals surface area contributed by atoms with Crippen molar-refractivity contribution < 1.29 is 19.4 Å². The fourth-order valence-electron chi connectivity index (χ4n) is 2.11. The van der Waals surface area contributed by atoms with E-state index in [1.54, 1.807) is 24.3 Å². The van der Waals surface area contributed by atoms with Gasteiger partial charge in [-0.1, -0.05) is 32.9 Å². The van der Waals surface area contributed by atoms with E-state index < -0.39 is 27.2 Å². The van der Waals surface area contributed by atoms with Gasteiger partial charge < -0.3 is 4.74 Å². The van der Waals surface area contributed by atoms with Crippen LogP contribution in [0.5, 0.6) is 5.75 Å². The van der Waals surface area contributed by atoms with Gasteiger partial charge in [-0.3, -0.25) is 20.2 Å². The number of nitrogens with zero attached hydrogens (tertiary/aromatic N) is 2. The molecule has 2 rings (SSSR count). The van der Waals surface area contributed by atoms with Gasteiger partial charge in [0.25, 0.3) is 11.4 Å². The molecule has 0 atom stereocenters. The summed E-state index contributed by atoms with van der Waals surface area (Å²) in [5, 5.41) is 21.7. The van der Waals surface area contributed by atoms with Crippen LogP contribution in [0.25, 0.3) is 0 Å². The highest BCUT2D eigenvalue weighted by Crippen LogP contribution is 2.26. The summed E-state index contributed by atoms with van der Waals surface area (Å²) in [6.45, 7) is 6.11. The summed E-state index contributed by atoms with van der Waals surface area (Å²) in [6.07, 6.45) is 0. The Hall–Kier alpha value is -3.29. The number of hydrogen-bond donors (Lipinski definition) is 0. The van der Waals surface area contributed by atoms with Crippen LogP contribution in [0.2, 0.25) is 0 Å². The third-order valence-corrected chi connectivity index (χ3v) is 3.49. The largest absolute Gasteiger partial charge is 0.423 e. The fraction of sp³-hybridized carbons (Fsp3) is 0.235. The van der Waals surface area contributed by atoms with Crippen molar-refractivity contribution in [2.45, 2.75) is 26.2 Å². The van der Waals surface area contributed by atoms with Gasteiger partial charge >= 0.3 is 5.97 Å². The lowest BCUT2D eigenvalue weighted by molar-refractivity contribution is -0.394. The first-order chi connectivity index (χ1) is 11.6. The molecule has 8 heteroatoms. The molecule has 0 heterocycles. The summed E-state index contributed by atoms with van der Waals surface area (Å²) in [5.74, 6) is -0.664. The number of hydrogen-bond acceptors (Lipinski definition) is 6. The van der Waals surface area contributed by atoms with E-state index in [9.17, 15) is 25.0 Å². The summed E-state index contributed by atoms with van der Waals surface area (Å²) in [5.41, 5.74) is -0.393. The van der Waals surface area contributed by atoms with Crippen LogP contribution in [0.1, 0.15) is 36.7 Å². The van der Waals surface area contributed by atoms with Crippen molar-refractivity contribution in [3.05, 3.63) is 73.8 Å². The standard InChI is InChI=1S/C17H16N2O6/c1-17(2,3)12-4-6-15(7-5-12)25-16(20)11-8-13(18(21)22)10-14(9-11)19(23)24/h4-10H,1-3H3. The average Bonchev–Trinajstić information content (AvgIpc) is 2.53. The minimum absolute atomic E-state index is 0.0663. The normalized spacial score (nSPS) is 11.0. The van der Waals surface area contributed by atoms with Gasteiger partial charge in [0.05, 0.1) is 21.5 Å². The summed E-state index contributed by atoms with van der Waals surface area (Å²) in [7, 11) is 0. The van der Waals surface area contributed by atoms with Crippen molar-refractivity contribution >= 4 is 17.3 Å². The number of ether oxygens (including phenoxy) is 1. The van der Waals surface area contributed by atoms with Crippen molar-refractivity contribution in [2.75, 3.05) is 0 Å². The van der Waals surface area contributed by atoms with Gasteiger partial charge in [0.15, 0.2) is 0 Å². The molecule has 0 aliphatic heterocycles. The Morgan fingerprint density at radius 2 is 1.40 bits per heavy atom. The lowest BCUT2D eigenvalue weighted by Crippen LogP contribution is -2.12. The van der Waals surface area contributed by atoms with Crippen molar-refractivity contribution in [3.63, 3.8) is 0 Å². The zero-order chi connectivity index (χ0) is 18.8. The number of rotatable bonds is 4. The minimum Gasteiger partial charge on any atom is -0.423 e. The Kier molecular flexibility index (Phi) is 4.82. The van der Waals surface area contributed by atoms with E-state index in [4.69, 9.17) is 4.74 Å². The highest BCUT2D eigenvalue weighted by Gasteiger charge is 2.21. The predicted octanol–water partition coefficient (Wildman–Crippen LogP) is 4.02. The molecule has 0 fully saturated rings. The second-order valence-electron chi connectivity index (χ2n) is 6.42. The van der Waals surface area contributed by atoms with Crippen LogP contribution >= 0.6 is 0 Å². The summed E-state index contributed by atoms with van der Waals surface area (Å²) in [4.78, 5) is 32.3. The number of esters is 1. The molecule has 0 spiro atoms. The zero-order valence-corrected chi connectivity index (χ0v) is 13.9. The Bertz CT molecular complexity index is 805. The number of non-ortho nitro benzene ring substituents is 2. The van der Waals surface area contributed by atoms with E-state index in [-0.39, 0.29) is 16.7 Å². The van der Waals surface area contributed by atoms with Gasteiger partial charge in [0.2, 0.25) is 0 Å². The number of nitro benzene ring substituents is 2. The predicted molar refractivity (Wildman–Crippen MR) is 89.9 cm³/mol. The average molecular weight is 344 g/mol. The molecule has 0 saturated carbocycles. The summed E-state index contributed by atoms with van der Waals surface area (Å²) >= 11 is 0. The minimum atomic E-state index is -0.907. The molecule has 130 valence electrons. The highest BCUT2D eigenvalue weighted by molar-refractivity contribution is 5.92. The quantitative estimate of drug-likeness (QED) is 0.358. The monoisotopic (exact) mass is 344 g/mol. The Morgan fingerprint density at radius 1 is 0.920 bits per heavy atom. The molecule has 0 N–H and O–H groups in total. The molecule has 2 aromatic carbocycles. The molecular weight excluding hydrogens is 328 g/mol. The van der Waals surface area contributed by atoms with Gasteiger partial charge in [-0.05, 0) is 23.1 Å². The smallest absolute Gasteiger partial charge is 0.344 e. The van der Waals surface area contributed by atoms with Crippen LogP contribution in [0, 0.1) is 20.2 Å². The summed E-state index contributed by atoms with van der Waals surface area (Å²) in [6, 6.07) is 9.48. The van der Waals surface area contributed by atoms with Gasteiger partial charge in [-0.15, -0.1) is 0 Å². The first-order valence-corrected chi connectivity index (χ1v) is 7.34. The van der Waals surface area contributed by atoms with E-state index in [2.05, 4.69) is 0 Å². The van der Waals surface area contributed by atoms with E-state index in [0.29, 0.717) is 0 Å². The Morgan fingerprint density at radius 3 is 1.80 bits per heavy atom. The van der Waals surface area contributed by atoms with Crippen molar-refractivity contribution in [1.29, 1.82) is 0 Å². The molecule has 0 bridgehead atoms. The maximum Gasteiger partial charge on any atom is 0.344 e. The second-order valence-corrected chi connectivity index (χ2v) is 6.42. The molecule has 0 saturated heterocycles. The van der Waals surface area contributed by atoms with Gasteiger partial charge in [0, 0.05) is 12.1 Å². The number of nitro groups is 2. The van der Waals surface area contributed by atoms with Crippen LogP contribution in [0.3, 0.4) is 0 Å². The Labute approximate surface area is 143 Å². The molecular formula is C17H16N2O6. The lowest BCUT2D eigenvalue weighted by atomic mass is 9.87. The van der Waals surface area contributed by atoms with Gasteiger partial charge in [-0.25, -0.2) is 4.79 Å². The van der Waals surface area contributed by atoms with Gasteiger partial charge in [-0.2, -0.15) is 0 Å². The molecule has 0 aliphatic carbocycles. The SMILES string of the molecule is CC(C)(C)c1ccc(OC(=O)c2cc([N+](=O)[O-])cc([N+](=O)[O-])c2)cc1. The zero-order valence-electron chi connectivity index (χ0n) is 13.9. The molecule has 0 unspecified atom stereocenters. The van der Waals surface area contributed by atoms with Crippen molar-refractivity contribution in [2.24, 2.45) is 0 Å². The number of carbonyl (C=O) groups is 1. The first kappa shape index (κ1) is 18.1. The molecule has 0 aromatic heterocycles. The second kappa shape index (κ2) is 6.68. The van der Waals surface area contributed by atoms with Crippen LogP contribution < -0.4 is 4.74 Å². The maximum absolute atomic E-state index is 12.2. The Balaban J connectivity index is 2.28. The van der Waals surface area contributed by atoms with E-state index >= 15 is 0 Å².